The number of likely N-dealkylation sites (tertiary alicyclic amines) is 1. The van der Waals surface area contributed by atoms with E-state index in [-0.39, 0.29) is 23.7 Å². The highest BCUT2D eigenvalue weighted by atomic mass is 32.2. The third-order valence-corrected chi connectivity index (χ3v) is 4.32. The number of nitrogens with zero attached hydrogens (tertiary/aromatic N) is 1. The number of para-hydroxylation sites is 1. The number of carbonyl (C=O) groups is 2. The van der Waals surface area contributed by atoms with Gasteiger partial charge in [0.2, 0.25) is 10.0 Å². The van der Waals surface area contributed by atoms with E-state index >= 15 is 0 Å². The number of hydrogen-bond acceptors (Lipinski definition) is 4. The van der Waals surface area contributed by atoms with E-state index < -0.39 is 21.4 Å². The number of amides is 1. The highest BCUT2D eigenvalue weighted by molar-refractivity contribution is 7.92. The van der Waals surface area contributed by atoms with Crippen molar-refractivity contribution < 1.29 is 23.1 Å². The van der Waals surface area contributed by atoms with Gasteiger partial charge >= 0.3 is 5.97 Å². The van der Waals surface area contributed by atoms with E-state index in [1.165, 1.54) is 17.0 Å². The van der Waals surface area contributed by atoms with Crippen molar-refractivity contribution in [3.63, 3.8) is 0 Å². The predicted octanol–water partition coefficient (Wildman–Crippen LogP) is 0.995. The van der Waals surface area contributed by atoms with Gasteiger partial charge in [-0.05, 0) is 25.5 Å². The van der Waals surface area contributed by atoms with Gasteiger partial charge in [-0.15, -0.1) is 0 Å². The Labute approximate surface area is 129 Å². The molecule has 0 unspecified atom stereocenters. The molecule has 22 heavy (non-hydrogen) atoms. The smallest absolute Gasteiger partial charge is 0.311 e. The summed E-state index contributed by atoms with van der Waals surface area (Å²) < 4.78 is 25.1. The van der Waals surface area contributed by atoms with Crippen LogP contribution < -0.4 is 4.72 Å². The third kappa shape index (κ3) is 3.38. The normalized spacial score (nSPS) is 21.6. The number of anilines is 1. The Morgan fingerprint density at radius 2 is 1.95 bits per heavy atom. The molecule has 2 rings (SSSR count). The Morgan fingerprint density at radius 1 is 1.32 bits per heavy atom. The number of hydrogen-bond donors (Lipinski definition) is 2. The SMILES string of the molecule is C[C@@]1(C(=O)O)CCN(C(=O)c2ccccc2NS(C)(=O)=O)C1. The molecule has 0 aromatic heterocycles. The van der Waals surface area contributed by atoms with E-state index in [0.717, 1.165) is 6.26 Å². The maximum Gasteiger partial charge on any atom is 0.311 e. The van der Waals surface area contributed by atoms with Crippen molar-refractivity contribution >= 4 is 27.6 Å². The molecule has 1 saturated heterocycles. The van der Waals surface area contributed by atoms with Crippen LogP contribution in [0, 0.1) is 5.41 Å². The summed E-state index contributed by atoms with van der Waals surface area (Å²) in [6.07, 6.45) is 1.38. The van der Waals surface area contributed by atoms with E-state index in [9.17, 15) is 23.1 Å². The summed E-state index contributed by atoms with van der Waals surface area (Å²) in [6.45, 7) is 2.03. The summed E-state index contributed by atoms with van der Waals surface area (Å²) in [7, 11) is -3.51. The molecule has 1 amide bonds. The average molecular weight is 326 g/mol. The number of aliphatic carboxylic acids is 1. The fourth-order valence-electron chi connectivity index (χ4n) is 2.44. The second-order valence-electron chi connectivity index (χ2n) is 5.76. The van der Waals surface area contributed by atoms with Gasteiger partial charge in [-0.3, -0.25) is 14.3 Å². The third-order valence-electron chi connectivity index (χ3n) is 3.73. The fraction of sp³-hybridized carbons (Fsp3) is 0.429. The quantitative estimate of drug-likeness (QED) is 0.859. The monoisotopic (exact) mass is 326 g/mol. The molecule has 1 aliphatic heterocycles. The topological polar surface area (TPSA) is 104 Å². The van der Waals surface area contributed by atoms with Crippen molar-refractivity contribution in [2.45, 2.75) is 13.3 Å². The Kier molecular flexibility index (Phi) is 4.15. The van der Waals surface area contributed by atoms with E-state index in [1.807, 2.05) is 0 Å². The molecular formula is C14H18N2O5S. The molecule has 0 bridgehead atoms. The maximum atomic E-state index is 12.6. The van der Waals surface area contributed by atoms with Gasteiger partial charge in [0.1, 0.15) is 0 Å². The highest BCUT2D eigenvalue weighted by Gasteiger charge is 2.42. The molecule has 1 aromatic carbocycles. The van der Waals surface area contributed by atoms with Crippen molar-refractivity contribution in [1.29, 1.82) is 0 Å². The molecule has 1 heterocycles. The molecule has 0 spiro atoms. The Balaban J connectivity index is 2.26. The Bertz CT molecular complexity index is 716. The molecule has 120 valence electrons. The minimum atomic E-state index is -3.51. The van der Waals surface area contributed by atoms with E-state index in [0.29, 0.717) is 13.0 Å². The van der Waals surface area contributed by atoms with Crippen LogP contribution in [0.15, 0.2) is 24.3 Å². The predicted molar refractivity (Wildman–Crippen MR) is 81.2 cm³/mol. The summed E-state index contributed by atoms with van der Waals surface area (Å²) in [5.41, 5.74) is -0.559. The largest absolute Gasteiger partial charge is 0.481 e. The van der Waals surface area contributed by atoms with Gasteiger partial charge in [0.25, 0.3) is 5.91 Å². The van der Waals surface area contributed by atoms with Crippen LogP contribution >= 0.6 is 0 Å². The molecule has 0 saturated carbocycles. The minimum Gasteiger partial charge on any atom is -0.481 e. The Morgan fingerprint density at radius 3 is 2.50 bits per heavy atom. The first-order chi connectivity index (χ1) is 10.1. The summed E-state index contributed by atoms with van der Waals surface area (Å²) >= 11 is 0. The highest BCUT2D eigenvalue weighted by Crippen LogP contribution is 2.32. The van der Waals surface area contributed by atoms with E-state index in [2.05, 4.69) is 4.72 Å². The van der Waals surface area contributed by atoms with Crippen LogP contribution in [0.4, 0.5) is 5.69 Å². The molecule has 1 atom stereocenters. The molecule has 8 heteroatoms. The lowest BCUT2D eigenvalue weighted by Crippen LogP contribution is -2.35. The maximum absolute atomic E-state index is 12.6. The first-order valence-electron chi connectivity index (χ1n) is 6.72. The van der Waals surface area contributed by atoms with Gasteiger partial charge in [0, 0.05) is 13.1 Å². The number of sulfonamides is 1. The second-order valence-corrected chi connectivity index (χ2v) is 7.51. The van der Waals surface area contributed by atoms with Crippen LogP contribution in [0.3, 0.4) is 0 Å². The molecular weight excluding hydrogens is 308 g/mol. The summed E-state index contributed by atoms with van der Waals surface area (Å²) in [5.74, 6) is -1.32. The molecule has 2 N–H and O–H groups in total. The van der Waals surface area contributed by atoms with Crippen LogP contribution in [0.1, 0.15) is 23.7 Å². The van der Waals surface area contributed by atoms with Crippen LogP contribution in [0.2, 0.25) is 0 Å². The van der Waals surface area contributed by atoms with Gasteiger partial charge in [-0.25, -0.2) is 8.42 Å². The number of benzene rings is 1. The van der Waals surface area contributed by atoms with Crippen LogP contribution in [0.5, 0.6) is 0 Å². The van der Waals surface area contributed by atoms with Crippen LogP contribution in [-0.2, 0) is 14.8 Å². The summed E-state index contributed by atoms with van der Waals surface area (Å²) in [4.78, 5) is 25.3. The van der Waals surface area contributed by atoms with E-state index in [4.69, 9.17) is 0 Å². The standard InChI is InChI=1S/C14H18N2O5S/c1-14(13(18)19)7-8-16(9-14)12(17)10-5-3-4-6-11(10)15-22(2,20)21/h3-6,15H,7-9H2,1-2H3,(H,18,19)/t14-/m1/s1. The van der Waals surface area contributed by atoms with Crippen molar-refractivity contribution in [2.24, 2.45) is 5.41 Å². The minimum absolute atomic E-state index is 0.106. The number of carboxylic acid groups (broad SMARTS) is 1. The van der Waals surface area contributed by atoms with Gasteiger partial charge in [-0.2, -0.15) is 0 Å². The molecule has 0 aliphatic carbocycles. The molecule has 1 aromatic rings. The van der Waals surface area contributed by atoms with Gasteiger partial charge in [-0.1, -0.05) is 12.1 Å². The van der Waals surface area contributed by atoms with Gasteiger partial charge < -0.3 is 10.0 Å². The Hall–Kier alpha value is -2.09. The summed E-state index contributed by atoms with van der Waals surface area (Å²) in [5, 5.41) is 9.22. The second kappa shape index (κ2) is 5.60. The molecule has 1 aliphatic rings. The molecule has 7 nitrogen and oxygen atoms in total. The van der Waals surface area contributed by atoms with Gasteiger partial charge in [0.15, 0.2) is 0 Å². The van der Waals surface area contributed by atoms with Crippen molar-refractivity contribution in [3.05, 3.63) is 29.8 Å². The lowest BCUT2D eigenvalue weighted by molar-refractivity contribution is -0.147. The van der Waals surface area contributed by atoms with Gasteiger partial charge in [0.05, 0.1) is 22.9 Å². The number of rotatable bonds is 4. The number of nitrogens with one attached hydrogen (secondary N) is 1. The van der Waals surface area contributed by atoms with Crippen LogP contribution in [0.25, 0.3) is 0 Å². The zero-order valence-electron chi connectivity index (χ0n) is 12.4. The number of carboxylic acids is 1. The zero-order chi connectivity index (χ0) is 16.5. The average Bonchev–Trinajstić information content (AvgIpc) is 2.81. The molecule has 1 fully saturated rings. The lowest BCUT2D eigenvalue weighted by Gasteiger charge is -2.21. The fourth-order valence-corrected chi connectivity index (χ4v) is 3.02. The lowest BCUT2D eigenvalue weighted by atomic mass is 9.90. The first kappa shape index (κ1) is 16.3. The van der Waals surface area contributed by atoms with E-state index in [1.54, 1.807) is 19.1 Å². The van der Waals surface area contributed by atoms with Crippen molar-refractivity contribution in [3.8, 4) is 0 Å². The summed E-state index contributed by atoms with van der Waals surface area (Å²) in [6, 6.07) is 6.27. The van der Waals surface area contributed by atoms with Crippen molar-refractivity contribution in [1.82, 2.24) is 4.90 Å². The first-order valence-corrected chi connectivity index (χ1v) is 8.61. The molecule has 0 radical (unpaired) electrons. The van der Waals surface area contributed by atoms with Crippen LogP contribution in [-0.4, -0.2) is 49.6 Å². The zero-order valence-corrected chi connectivity index (χ0v) is 13.2. The number of carbonyl (C=O) groups excluding carboxylic acids is 1. The van der Waals surface area contributed by atoms with Crippen molar-refractivity contribution in [2.75, 3.05) is 24.1 Å².